The summed E-state index contributed by atoms with van der Waals surface area (Å²) in [5, 5.41) is 5.90. The number of nitrogens with one attached hydrogen (secondary N) is 2. The van der Waals surface area contributed by atoms with Gasteiger partial charge < -0.3 is 10.6 Å². The standard InChI is InChI=1S/C23H28ClN3O2/c1-16-7-5-6-14-27(16)15-18-10-12-19(13-11-18)26-22(28)17(2)25-23(29)20-8-3-4-9-21(20)24/h3-4,8-13,16-17H,5-7,14-15H2,1-2H3,(H,25,29)(H,26,28). The van der Waals surface area contributed by atoms with Crippen LogP contribution >= 0.6 is 11.6 Å². The lowest BCUT2D eigenvalue weighted by atomic mass is 10.0. The maximum atomic E-state index is 12.4. The Hall–Kier alpha value is -2.37. The predicted molar refractivity (Wildman–Crippen MR) is 117 cm³/mol. The third-order valence-electron chi connectivity index (χ3n) is 5.41. The van der Waals surface area contributed by atoms with Crippen molar-refractivity contribution in [2.45, 2.75) is 51.7 Å². The van der Waals surface area contributed by atoms with Gasteiger partial charge in [-0.25, -0.2) is 0 Å². The van der Waals surface area contributed by atoms with Gasteiger partial charge >= 0.3 is 0 Å². The fraction of sp³-hybridized carbons (Fsp3) is 0.391. The Bertz CT molecular complexity index is 853. The number of benzene rings is 2. The van der Waals surface area contributed by atoms with E-state index >= 15 is 0 Å². The molecule has 2 atom stereocenters. The molecule has 0 saturated carbocycles. The van der Waals surface area contributed by atoms with E-state index < -0.39 is 6.04 Å². The number of carbonyl (C=O) groups is 2. The minimum Gasteiger partial charge on any atom is -0.340 e. The summed E-state index contributed by atoms with van der Waals surface area (Å²) >= 11 is 6.04. The van der Waals surface area contributed by atoms with E-state index in [4.69, 9.17) is 11.6 Å². The number of rotatable bonds is 6. The molecule has 2 amide bonds. The van der Waals surface area contributed by atoms with Gasteiger partial charge in [0.05, 0.1) is 10.6 Å². The molecule has 5 nitrogen and oxygen atoms in total. The third-order valence-corrected chi connectivity index (χ3v) is 5.74. The highest BCUT2D eigenvalue weighted by molar-refractivity contribution is 6.33. The molecule has 2 N–H and O–H groups in total. The second-order valence-corrected chi connectivity index (χ2v) is 8.08. The largest absolute Gasteiger partial charge is 0.340 e. The minimum atomic E-state index is -0.687. The average molecular weight is 414 g/mol. The summed E-state index contributed by atoms with van der Waals surface area (Å²) in [5.74, 6) is -0.646. The molecular weight excluding hydrogens is 386 g/mol. The summed E-state index contributed by atoms with van der Waals surface area (Å²) in [6.45, 7) is 6.00. The van der Waals surface area contributed by atoms with Crippen molar-refractivity contribution in [3.63, 3.8) is 0 Å². The molecule has 2 aromatic rings. The molecule has 2 unspecified atom stereocenters. The van der Waals surface area contributed by atoms with Crippen LogP contribution in [0.2, 0.25) is 5.02 Å². The topological polar surface area (TPSA) is 61.4 Å². The molecule has 154 valence electrons. The van der Waals surface area contributed by atoms with E-state index in [0.717, 1.165) is 13.1 Å². The number of hydrogen-bond acceptors (Lipinski definition) is 3. The SMILES string of the molecule is CC(NC(=O)c1ccccc1Cl)C(=O)Nc1ccc(CN2CCCCC2C)cc1. The molecule has 0 bridgehead atoms. The normalized spacial score (nSPS) is 18.1. The molecule has 1 saturated heterocycles. The first-order chi connectivity index (χ1) is 13.9. The van der Waals surface area contributed by atoms with E-state index in [1.165, 1.54) is 24.8 Å². The van der Waals surface area contributed by atoms with Gasteiger partial charge in [-0.15, -0.1) is 0 Å². The van der Waals surface area contributed by atoms with E-state index in [0.29, 0.717) is 22.3 Å². The molecule has 2 aromatic carbocycles. The molecular formula is C23H28ClN3O2. The average Bonchev–Trinajstić information content (AvgIpc) is 2.71. The van der Waals surface area contributed by atoms with Gasteiger partial charge in [-0.05, 0) is 63.1 Å². The highest BCUT2D eigenvalue weighted by atomic mass is 35.5. The zero-order chi connectivity index (χ0) is 20.8. The molecule has 0 spiro atoms. The second-order valence-electron chi connectivity index (χ2n) is 7.68. The Morgan fingerprint density at radius 1 is 1.14 bits per heavy atom. The highest BCUT2D eigenvalue weighted by Gasteiger charge is 2.19. The number of piperidine rings is 1. The number of halogens is 1. The lowest BCUT2D eigenvalue weighted by Crippen LogP contribution is -2.41. The Morgan fingerprint density at radius 3 is 2.55 bits per heavy atom. The molecule has 6 heteroatoms. The van der Waals surface area contributed by atoms with Gasteiger partial charge in [0.2, 0.25) is 5.91 Å². The fourth-order valence-electron chi connectivity index (χ4n) is 3.56. The van der Waals surface area contributed by atoms with Gasteiger partial charge in [-0.2, -0.15) is 0 Å². The number of anilines is 1. The van der Waals surface area contributed by atoms with Gasteiger partial charge in [0, 0.05) is 18.3 Å². The number of nitrogens with zero attached hydrogens (tertiary/aromatic N) is 1. The second kappa shape index (κ2) is 9.90. The Kier molecular flexibility index (Phi) is 7.29. The number of likely N-dealkylation sites (tertiary alicyclic amines) is 1. The van der Waals surface area contributed by atoms with Crippen molar-refractivity contribution in [1.29, 1.82) is 0 Å². The third kappa shape index (κ3) is 5.81. The van der Waals surface area contributed by atoms with Crippen LogP contribution < -0.4 is 10.6 Å². The summed E-state index contributed by atoms with van der Waals surface area (Å²) in [6, 6.07) is 14.6. The van der Waals surface area contributed by atoms with Crippen LogP contribution in [0.1, 0.15) is 49.0 Å². The van der Waals surface area contributed by atoms with Crippen molar-refractivity contribution in [2.24, 2.45) is 0 Å². The molecule has 1 fully saturated rings. The van der Waals surface area contributed by atoms with Crippen LogP contribution in [0.5, 0.6) is 0 Å². The molecule has 0 aromatic heterocycles. The first-order valence-corrected chi connectivity index (χ1v) is 10.5. The van der Waals surface area contributed by atoms with E-state index in [9.17, 15) is 9.59 Å². The maximum Gasteiger partial charge on any atom is 0.253 e. The Labute approximate surface area is 177 Å². The molecule has 0 aliphatic carbocycles. The summed E-state index contributed by atoms with van der Waals surface area (Å²) < 4.78 is 0. The summed E-state index contributed by atoms with van der Waals surface area (Å²) in [6.07, 6.45) is 3.83. The van der Waals surface area contributed by atoms with Crippen LogP contribution in [-0.4, -0.2) is 35.3 Å². The predicted octanol–water partition coefficient (Wildman–Crippen LogP) is 4.47. The molecule has 29 heavy (non-hydrogen) atoms. The first kappa shape index (κ1) is 21.3. The first-order valence-electron chi connectivity index (χ1n) is 10.1. The minimum absolute atomic E-state index is 0.275. The van der Waals surface area contributed by atoms with Crippen LogP contribution in [0, 0.1) is 0 Å². The lowest BCUT2D eigenvalue weighted by molar-refractivity contribution is -0.117. The van der Waals surface area contributed by atoms with Crippen molar-refractivity contribution in [2.75, 3.05) is 11.9 Å². The van der Waals surface area contributed by atoms with E-state index in [-0.39, 0.29) is 11.8 Å². The van der Waals surface area contributed by atoms with E-state index in [2.05, 4.69) is 22.5 Å². The molecule has 1 aliphatic heterocycles. The van der Waals surface area contributed by atoms with Gasteiger partial charge in [-0.1, -0.05) is 42.3 Å². The van der Waals surface area contributed by atoms with Crippen molar-refractivity contribution in [1.82, 2.24) is 10.2 Å². The fourth-order valence-corrected chi connectivity index (χ4v) is 3.78. The maximum absolute atomic E-state index is 12.4. The zero-order valence-corrected chi connectivity index (χ0v) is 17.7. The quantitative estimate of drug-likeness (QED) is 0.734. The van der Waals surface area contributed by atoms with E-state index in [1.54, 1.807) is 31.2 Å². The highest BCUT2D eigenvalue weighted by Crippen LogP contribution is 2.20. The summed E-state index contributed by atoms with van der Waals surface area (Å²) in [5.41, 5.74) is 2.30. The van der Waals surface area contributed by atoms with Crippen LogP contribution in [0.25, 0.3) is 0 Å². The van der Waals surface area contributed by atoms with Crippen molar-refractivity contribution in [3.8, 4) is 0 Å². The van der Waals surface area contributed by atoms with Gasteiger partial charge in [0.25, 0.3) is 5.91 Å². The smallest absolute Gasteiger partial charge is 0.253 e. The summed E-state index contributed by atoms with van der Waals surface area (Å²) in [4.78, 5) is 27.3. The number of hydrogen-bond donors (Lipinski definition) is 2. The lowest BCUT2D eigenvalue weighted by Gasteiger charge is -2.33. The van der Waals surface area contributed by atoms with Gasteiger partial charge in [0.15, 0.2) is 0 Å². The van der Waals surface area contributed by atoms with E-state index in [1.807, 2.05) is 24.3 Å². The Morgan fingerprint density at radius 2 is 1.86 bits per heavy atom. The van der Waals surface area contributed by atoms with Crippen molar-refractivity contribution < 1.29 is 9.59 Å². The number of carbonyl (C=O) groups excluding carboxylic acids is 2. The van der Waals surface area contributed by atoms with Crippen LogP contribution in [-0.2, 0) is 11.3 Å². The molecule has 1 heterocycles. The monoisotopic (exact) mass is 413 g/mol. The molecule has 0 radical (unpaired) electrons. The van der Waals surface area contributed by atoms with Crippen molar-refractivity contribution in [3.05, 3.63) is 64.7 Å². The molecule has 1 aliphatic rings. The Balaban J connectivity index is 1.53. The summed E-state index contributed by atoms with van der Waals surface area (Å²) in [7, 11) is 0. The molecule has 3 rings (SSSR count). The number of amides is 2. The van der Waals surface area contributed by atoms with Crippen LogP contribution in [0.4, 0.5) is 5.69 Å². The van der Waals surface area contributed by atoms with Crippen molar-refractivity contribution >= 4 is 29.1 Å². The van der Waals surface area contributed by atoms with Gasteiger partial charge in [-0.3, -0.25) is 14.5 Å². The van der Waals surface area contributed by atoms with Crippen LogP contribution in [0.3, 0.4) is 0 Å². The van der Waals surface area contributed by atoms with Gasteiger partial charge in [0.1, 0.15) is 6.04 Å². The zero-order valence-electron chi connectivity index (χ0n) is 17.0. The van der Waals surface area contributed by atoms with Crippen LogP contribution in [0.15, 0.2) is 48.5 Å².